The van der Waals surface area contributed by atoms with Crippen LogP contribution in [-0.4, -0.2) is 36.1 Å². The lowest BCUT2D eigenvalue weighted by Gasteiger charge is -2.25. The van der Waals surface area contributed by atoms with E-state index in [1.54, 1.807) is 39.1 Å². The van der Waals surface area contributed by atoms with Gasteiger partial charge in [0.15, 0.2) is 5.60 Å². The van der Waals surface area contributed by atoms with Gasteiger partial charge in [-0.3, -0.25) is 0 Å². The molecule has 0 saturated carbocycles. The maximum absolute atomic E-state index is 12.5. The van der Waals surface area contributed by atoms with E-state index in [2.05, 4.69) is 14.6 Å². The van der Waals surface area contributed by atoms with Crippen molar-refractivity contribution in [1.82, 2.24) is 4.98 Å². The number of esters is 1. The van der Waals surface area contributed by atoms with Gasteiger partial charge in [-0.25, -0.2) is 9.78 Å². The first-order valence-corrected chi connectivity index (χ1v) is 13.0. The number of allylic oxidation sites excluding steroid dienone is 1. The molecule has 214 valence electrons. The summed E-state index contributed by atoms with van der Waals surface area (Å²) in [5.41, 5.74) is 2.89. The number of carbonyl (C=O) groups excluding carboxylic acids is 1. The number of hydrogen-bond donors (Lipinski definition) is 0. The van der Waals surface area contributed by atoms with E-state index in [0.717, 1.165) is 28.1 Å². The van der Waals surface area contributed by atoms with E-state index < -0.39 is 17.9 Å². The maximum atomic E-state index is 12.5. The smallest absolute Gasteiger partial charge is 0.476 e. The fourth-order valence-electron chi connectivity index (χ4n) is 3.92. The molecular formula is C31H35F3N2O4. The molecular weight excluding hydrogens is 521 g/mol. The van der Waals surface area contributed by atoms with Crippen molar-refractivity contribution in [2.45, 2.75) is 59.5 Å². The second-order valence-electron chi connectivity index (χ2n) is 10.0. The number of rotatable bonds is 12. The van der Waals surface area contributed by atoms with Crippen LogP contribution in [0.1, 0.15) is 51.3 Å². The van der Waals surface area contributed by atoms with Gasteiger partial charge in [-0.2, -0.15) is 0 Å². The molecule has 3 aromatic rings. The van der Waals surface area contributed by atoms with Crippen molar-refractivity contribution in [3.63, 3.8) is 0 Å². The highest BCUT2D eigenvalue weighted by molar-refractivity contribution is 5.79. The molecule has 0 aliphatic heterocycles. The molecule has 40 heavy (non-hydrogen) atoms. The van der Waals surface area contributed by atoms with Gasteiger partial charge in [-0.05, 0) is 94.1 Å². The third-order valence-electron chi connectivity index (χ3n) is 5.81. The molecule has 1 heterocycles. The van der Waals surface area contributed by atoms with Crippen LogP contribution in [0.25, 0.3) is 6.08 Å². The van der Waals surface area contributed by atoms with Crippen molar-refractivity contribution < 1.29 is 32.2 Å². The Bertz CT molecular complexity index is 1270. The Hall–Kier alpha value is -4.01. The van der Waals surface area contributed by atoms with Crippen LogP contribution < -0.4 is 14.4 Å². The molecule has 0 amide bonds. The van der Waals surface area contributed by atoms with Crippen LogP contribution in [0.15, 0.2) is 72.4 Å². The van der Waals surface area contributed by atoms with E-state index >= 15 is 0 Å². The Labute approximate surface area is 233 Å². The fraction of sp³-hybridized carbons (Fsp3) is 0.355. The number of pyridine rings is 1. The summed E-state index contributed by atoms with van der Waals surface area (Å²) in [4.78, 5) is 18.8. The van der Waals surface area contributed by atoms with Crippen LogP contribution >= 0.6 is 0 Å². The second kappa shape index (κ2) is 13.4. The quantitative estimate of drug-likeness (QED) is 0.217. The first-order valence-electron chi connectivity index (χ1n) is 13.0. The van der Waals surface area contributed by atoms with Crippen molar-refractivity contribution in [2.75, 3.05) is 18.1 Å². The van der Waals surface area contributed by atoms with Crippen LogP contribution in [0, 0.1) is 0 Å². The Morgan fingerprint density at radius 1 is 0.900 bits per heavy atom. The van der Waals surface area contributed by atoms with Gasteiger partial charge in [-0.1, -0.05) is 35.9 Å². The number of nitrogens with zero attached hydrogens (tertiary/aromatic N) is 2. The van der Waals surface area contributed by atoms with E-state index in [1.165, 1.54) is 12.1 Å². The Morgan fingerprint density at radius 2 is 1.50 bits per heavy atom. The first kappa shape index (κ1) is 30.5. The zero-order valence-electron chi connectivity index (χ0n) is 23.4. The summed E-state index contributed by atoms with van der Waals surface area (Å²) in [5, 5.41) is 0. The molecule has 6 nitrogen and oxygen atoms in total. The topological polar surface area (TPSA) is 60.9 Å². The van der Waals surface area contributed by atoms with Crippen molar-refractivity contribution in [2.24, 2.45) is 0 Å². The van der Waals surface area contributed by atoms with Crippen molar-refractivity contribution in [3.05, 3.63) is 89.1 Å². The van der Waals surface area contributed by atoms with Crippen molar-refractivity contribution in [1.29, 1.82) is 0 Å². The van der Waals surface area contributed by atoms with Crippen molar-refractivity contribution >= 4 is 17.9 Å². The van der Waals surface area contributed by atoms with Gasteiger partial charge in [0.05, 0.1) is 6.61 Å². The van der Waals surface area contributed by atoms with E-state index in [1.807, 2.05) is 56.3 Å². The van der Waals surface area contributed by atoms with E-state index in [4.69, 9.17) is 9.47 Å². The number of benzene rings is 2. The highest BCUT2D eigenvalue weighted by Crippen LogP contribution is 2.25. The largest absolute Gasteiger partial charge is 0.573 e. The number of halogens is 3. The molecule has 0 unspecified atom stereocenters. The van der Waals surface area contributed by atoms with Gasteiger partial charge in [0, 0.05) is 19.3 Å². The molecule has 2 aromatic carbocycles. The summed E-state index contributed by atoms with van der Waals surface area (Å²) in [6.45, 7) is 10.4. The minimum atomic E-state index is -4.74. The monoisotopic (exact) mass is 556 g/mol. The van der Waals surface area contributed by atoms with Crippen LogP contribution in [0.5, 0.6) is 11.5 Å². The van der Waals surface area contributed by atoms with Gasteiger partial charge < -0.3 is 19.1 Å². The highest BCUT2D eigenvalue weighted by atomic mass is 19.4. The van der Waals surface area contributed by atoms with Crippen LogP contribution in [0.4, 0.5) is 19.0 Å². The molecule has 9 heteroatoms. The summed E-state index contributed by atoms with van der Waals surface area (Å²) < 4.78 is 52.6. The zero-order chi connectivity index (χ0) is 29.3. The minimum Gasteiger partial charge on any atom is -0.476 e. The predicted molar refractivity (Wildman–Crippen MR) is 149 cm³/mol. The molecule has 3 rings (SSSR count). The SMILES string of the molecule is CCOC(=O)C(C)(C)Oc1ccc(CCN(Cc2ccc(OC(F)(F)F)cc2)c2ccc(C=C(C)C)cn2)cc1. The summed E-state index contributed by atoms with van der Waals surface area (Å²) in [6, 6.07) is 17.3. The standard InChI is InChI=1S/C31H35F3N2O4/c1-6-38-29(37)30(4,5)39-26-12-7-23(8-13-26)17-18-36(28-16-11-25(20-35-28)19-22(2)3)21-24-9-14-27(15-10-24)40-31(32,33)34/h7-16,19-20H,6,17-18,21H2,1-5H3. The Morgan fingerprint density at radius 3 is 2.02 bits per heavy atom. The normalized spacial score (nSPS) is 11.5. The van der Waals surface area contributed by atoms with E-state index in [-0.39, 0.29) is 12.4 Å². The Balaban J connectivity index is 1.74. The lowest BCUT2D eigenvalue weighted by atomic mass is 10.1. The Kier molecular flexibility index (Phi) is 10.2. The number of alkyl halides is 3. The molecule has 0 N–H and O–H groups in total. The fourth-order valence-corrected chi connectivity index (χ4v) is 3.92. The summed E-state index contributed by atoms with van der Waals surface area (Å²) in [5.74, 6) is 0.602. The van der Waals surface area contributed by atoms with Gasteiger partial charge in [0.1, 0.15) is 17.3 Å². The maximum Gasteiger partial charge on any atom is 0.573 e. The summed E-state index contributed by atoms with van der Waals surface area (Å²) in [6.07, 6.45) is -0.228. The average molecular weight is 557 g/mol. The third kappa shape index (κ3) is 9.63. The minimum absolute atomic E-state index is 0.263. The van der Waals surface area contributed by atoms with Crippen LogP contribution in [0.3, 0.4) is 0 Å². The van der Waals surface area contributed by atoms with Gasteiger partial charge >= 0.3 is 12.3 Å². The third-order valence-corrected chi connectivity index (χ3v) is 5.81. The lowest BCUT2D eigenvalue weighted by Crippen LogP contribution is -2.39. The molecule has 0 bridgehead atoms. The van der Waals surface area contributed by atoms with Crippen LogP contribution in [0.2, 0.25) is 0 Å². The highest BCUT2D eigenvalue weighted by Gasteiger charge is 2.32. The molecule has 0 saturated heterocycles. The number of ether oxygens (including phenoxy) is 3. The average Bonchev–Trinajstić information content (AvgIpc) is 2.88. The second-order valence-corrected chi connectivity index (χ2v) is 10.0. The molecule has 0 aliphatic rings. The molecule has 1 aromatic heterocycles. The number of aromatic nitrogens is 1. The first-order chi connectivity index (χ1) is 18.8. The molecule has 0 aliphatic carbocycles. The molecule has 0 radical (unpaired) electrons. The summed E-state index contributed by atoms with van der Waals surface area (Å²) >= 11 is 0. The van der Waals surface area contributed by atoms with Gasteiger partial charge in [0.25, 0.3) is 0 Å². The van der Waals surface area contributed by atoms with E-state index in [9.17, 15) is 18.0 Å². The van der Waals surface area contributed by atoms with Gasteiger partial charge in [0.2, 0.25) is 0 Å². The number of hydrogen-bond acceptors (Lipinski definition) is 6. The molecule has 0 atom stereocenters. The van der Waals surface area contributed by atoms with Gasteiger partial charge in [-0.15, -0.1) is 13.2 Å². The lowest BCUT2D eigenvalue weighted by molar-refractivity contribution is -0.274. The number of carbonyl (C=O) groups is 1. The van der Waals surface area contributed by atoms with E-state index in [0.29, 0.717) is 25.3 Å². The molecule has 0 fully saturated rings. The van der Waals surface area contributed by atoms with Crippen LogP contribution in [-0.2, 0) is 22.5 Å². The summed E-state index contributed by atoms with van der Waals surface area (Å²) in [7, 11) is 0. The zero-order valence-corrected chi connectivity index (χ0v) is 23.4. The predicted octanol–water partition coefficient (Wildman–Crippen LogP) is 7.37. The molecule has 0 spiro atoms. The van der Waals surface area contributed by atoms with Crippen molar-refractivity contribution in [3.8, 4) is 11.5 Å². The number of anilines is 1.